The van der Waals surface area contributed by atoms with E-state index in [0.717, 1.165) is 0 Å². The van der Waals surface area contributed by atoms with Gasteiger partial charge in [0.05, 0.1) is 5.02 Å². The Morgan fingerprint density at radius 3 is 1.42 bits per heavy atom. The zero-order valence-electron chi connectivity index (χ0n) is 19.6. The van der Waals surface area contributed by atoms with Gasteiger partial charge in [-0.1, -0.05) is 47.0 Å². The van der Waals surface area contributed by atoms with Gasteiger partial charge in [-0.3, -0.25) is 4.98 Å². The van der Waals surface area contributed by atoms with Crippen LogP contribution in [0.15, 0.2) is 61.2 Å². The van der Waals surface area contributed by atoms with E-state index in [-0.39, 0.29) is 15.9 Å². The Morgan fingerprint density at radius 2 is 1.15 bits per heavy atom. The summed E-state index contributed by atoms with van der Waals surface area (Å²) in [6.07, 6.45) is 7.57. The van der Waals surface area contributed by atoms with Crippen molar-refractivity contribution in [3.63, 3.8) is 0 Å². The van der Waals surface area contributed by atoms with Gasteiger partial charge in [0, 0.05) is 23.8 Å². The summed E-state index contributed by atoms with van der Waals surface area (Å²) in [5, 5.41) is 0.683. The standard InChI is InChI=1S/C21H25N2.C5H4ClN.2ClH.Pd/c1-14-9-16(3)20(17(4)10-14)22-7-8-23(13-22)21-18(5)11-15(2)12-19(21)6;6-5-2-1-3-7-4-5;;;/h7-13H,1-6H3;1-4H;2*1H;/q-1;;;;+2/p-2. The van der Waals surface area contributed by atoms with Gasteiger partial charge in [-0.2, -0.15) is 0 Å². The van der Waals surface area contributed by atoms with Crippen LogP contribution in [0, 0.1) is 48.2 Å². The first-order valence-electron chi connectivity index (χ1n) is 10.3. The van der Waals surface area contributed by atoms with Crippen LogP contribution < -0.4 is 9.80 Å². The molecule has 4 rings (SSSR count). The van der Waals surface area contributed by atoms with Gasteiger partial charge >= 0.3 is 35.0 Å². The number of rotatable bonds is 2. The molecule has 2 heterocycles. The van der Waals surface area contributed by atoms with Crippen LogP contribution in [0.2, 0.25) is 5.02 Å². The minimum atomic E-state index is -0.106. The van der Waals surface area contributed by atoms with Gasteiger partial charge in [0.2, 0.25) is 0 Å². The summed E-state index contributed by atoms with van der Waals surface area (Å²) in [6, 6.07) is 12.6. The Labute approximate surface area is 219 Å². The van der Waals surface area contributed by atoms with E-state index in [4.69, 9.17) is 30.7 Å². The zero-order chi connectivity index (χ0) is 24.5. The van der Waals surface area contributed by atoms with Crippen LogP contribution in [-0.4, -0.2) is 4.98 Å². The van der Waals surface area contributed by atoms with Crippen LogP contribution in [0.1, 0.15) is 33.4 Å². The normalized spacial score (nSPS) is 12.3. The molecule has 0 spiro atoms. The first kappa shape index (κ1) is 27.7. The number of anilines is 2. The molecule has 0 radical (unpaired) electrons. The number of halogens is 3. The molecule has 0 atom stereocenters. The number of aromatic nitrogens is 1. The molecule has 0 amide bonds. The Bertz CT molecular complexity index is 976. The van der Waals surface area contributed by atoms with E-state index in [2.05, 4.69) is 99.7 Å². The molecule has 33 heavy (non-hydrogen) atoms. The van der Waals surface area contributed by atoms with Crippen LogP contribution in [-0.2, 0) is 15.9 Å². The first-order valence-corrected chi connectivity index (χ1v) is 14.7. The Hall–Kier alpha value is -1.54. The van der Waals surface area contributed by atoms with Crippen LogP contribution in [0.25, 0.3) is 0 Å². The molecule has 3 aromatic rings. The average Bonchev–Trinajstić information content (AvgIpc) is 3.17. The molecule has 0 saturated carbocycles. The van der Waals surface area contributed by atoms with Crippen molar-refractivity contribution in [1.82, 2.24) is 4.98 Å². The Balaban J connectivity index is 0.000000321. The Morgan fingerprint density at radius 1 is 0.758 bits per heavy atom. The molecule has 0 bridgehead atoms. The summed E-state index contributed by atoms with van der Waals surface area (Å²) in [4.78, 5) is 8.20. The van der Waals surface area contributed by atoms with E-state index in [1.54, 1.807) is 24.5 Å². The average molecular weight is 596 g/mol. The fourth-order valence-corrected chi connectivity index (χ4v) is 4.25. The quantitative estimate of drug-likeness (QED) is 0.218. The summed E-state index contributed by atoms with van der Waals surface area (Å²) in [7, 11) is 9.63. The van der Waals surface area contributed by atoms with Crippen molar-refractivity contribution in [1.29, 1.82) is 0 Å². The van der Waals surface area contributed by atoms with Gasteiger partial charge in [-0.05, 0) is 88.3 Å². The molecule has 0 aliphatic carbocycles. The third kappa shape index (κ3) is 8.02. The van der Waals surface area contributed by atoms with Crippen molar-refractivity contribution >= 4 is 42.0 Å². The molecular formula is C26H29Cl3N3Pd-. The van der Waals surface area contributed by atoms with Crippen molar-refractivity contribution in [3.05, 3.63) is 106 Å². The molecule has 7 heteroatoms. The molecule has 180 valence electrons. The third-order valence-corrected chi connectivity index (χ3v) is 5.27. The fourth-order valence-electron chi connectivity index (χ4n) is 4.12. The van der Waals surface area contributed by atoms with Gasteiger partial charge in [0.25, 0.3) is 0 Å². The molecule has 0 saturated heterocycles. The summed E-state index contributed by atoms with van der Waals surface area (Å²) >= 11 is 5.37. The van der Waals surface area contributed by atoms with Crippen molar-refractivity contribution in [3.8, 4) is 0 Å². The third-order valence-electron chi connectivity index (χ3n) is 5.05. The van der Waals surface area contributed by atoms with Gasteiger partial charge in [-0.25, -0.2) is 0 Å². The number of aryl methyl sites for hydroxylation is 6. The predicted molar refractivity (Wildman–Crippen MR) is 141 cm³/mol. The molecule has 2 aromatic carbocycles. The van der Waals surface area contributed by atoms with Gasteiger partial charge < -0.3 is 9.80 Å². The molecule has 1 aromatic heterocycles. The second-order valence-electron chi connectivity index (χ2n) is 7.94. The predicted octanol–water partition coefficient (Wildman–Crippen LogP) is 8.57. The number of pyridine rings is 1. The molecule has 3 nitrogen and oxygen atoms in total. The second kappa shape index (κ2) is 13.4. The number of benzene rings is 2. The van der Waals surface area contributed by atoms with Gasteiger partial charge in [-0.15, -0.1) is 6.67 Å². The monoisotopic (exact) mass is 594 g/mol. The van der Waals surface area contributed by atoms with E-state index in [0.29, 0.717) is 5.02 Å². The summed E-state index contributed by atoms with van der Waals surface area (Å²) in [6.45, 7) is 15.2. The first-order chi connectivity index (χ1) is 15.7. The van der Waals surface area contributed by atoms with Crippen molar-refractivity contribution in [2.45, 2.75) is 41.5 Å². The summed E-state index contributed by atoms with van der Waals surface area (Å²) in [5.41, 5.74) is 10.4. The summed E-state index contributed by atoms with van der Waals surface area (Å²) in [5.74, 6) is 0. The fraction of sp³-hybridized carbons (Fsp3) is 0.231. The molecule has 0 N–H and O–H groups in total. The molecule has 0 fully saturated rings. The van der Waals surface area contributed by atoms with Gasteiger partial charge in [0.15, 0.2) is 0 Å². The van der Waals surface area contributed by atoms with E-state index in [1.807, 2.05) is 0 Å². The number of nitrogens with zero attached hydrogens (tertiary/aromatic N) is 3. The van der Waals surface area contributed by atoms with Crippen LogP contribution >= 0.6 is 30.7 Å². The van der Waals surface area contributed by atoms with Crippen molar-refractivity contribution in [2.75, 3.05) is 9.80 Å². The van der Waals surface area contributed by atoms with E-state index in [1.165, 1.54) is 44.8 Å². The number of hydrogen-bond donors (Lipinski definition) is 0. The summed E-state index contributed by atoms with van der Waals surface area (Å²) < 4.78 is 0. The van der Waals surface area contributed by atoms with Crippen molar-refractivity contribution in [2.24, 2.45) is 0 Å². The van der Waals surface area contributed by atoms with Gasteiger partial charge in [0.1, 0.15) is 0 Å². The van der Waals surface area contributed by atoms with Crippen LogP contribution in [0.3, 0.4) is 0 Å². The molecule has 1 aliphatic heterocycles. The molecular weight excluding hydrogens is 567 g/mol. The zero-order valence-corrected chi connectivity index (χ0v) is 23.5. The van der Waals surface area contributed by atoms with Crippen LogP contribution in [0.4, 0.5) is 11.4 Å². The topological polar surface area (TPSA) is 19.4 Å². The van der Waals surface area contributed by atoms with E-state index < -0.39 is 0 Å². The van der Waals surface area contributed by atoms with E-state index in [9.17, 15) is 0 Å². The van der Waals surface area contributed by atoms with Crippen molar-refractivity contribution < 1.29 is 15.9 Å². The number of hydrogen-bond acceptors (Lipinski definition) is 3. The van der Waals surface area contributed by atoms with E-state index >= 15 is 0 Å². The SMILES string of the molecule is Cc1cc(C)c(N2C=CN(c3c(C)cc(C)cc3C)[CH-]2)c(C)c1.Clc1cccnc1.[Cl][Pd][Cl]. The maximum atomic E-state index is 5.48. The second-order valence-corrected chi connectivity index (χ2v) is 10.7. The maximum absolute atomic E-state index is 5.48. The molecule has 1 aliphatic rings. The minimum absolute atomic E-state index is 0.106. The van der Waals surface area contributed by atoms with Crippen LogP contribution in [0.5, 0.6) is 0 Å². The molecule has 0 unspecified atom stereocenters. The Kier molecular flexibility index (Phi) is 11.2.